The molecule has 1 amide bonds. The van der Waals surface area contributed by atoms with Gasteiger partial charge in [-0.25, -0.2) is 14.7 Å². The predicted molar refractivity (Wildman–Crippen MR) is 78.4 cm³/mol. The number of fused-ring (bicyclic) bond motifs is 1. The molecule has 0 radical (unpaired) electrons. The van der Waals surface area contributed by atoms with Gasteiger partial charge in [0.25, 0.3) is 0 Å². The van der Waals surface area contributed by atoms with Crippen LogP contribution in [0, 0.1) is 6.92 Å². The number of allylic oxidation sites excluding steroid dienone is 1. The van der Waals surface area contributed by atoms with Gasteiger partial charge in [0.05, 0.1) is 17.5 Å². The number of thiocarbonyl (C=S) groups is 1. The number of aromatic nitrogens is 1. The minimum atomic E-state index is -0.525. The molecule has 1 N–H and O–H groups in total. The van der Waals surface area contributed by atoms with Crippen LogP contribution in [0.15, 0.2) is 24.5 Å². The molecule has 0 fully saturated rings. The van der Waals surface area contributed by atoms with Crippen LogP contribution in [0.4, 0.5) is 16.3 Å². The summed E-state index contributed by atoms with van der Waals surface area (Å²) in [5, 5.41) is 3.07. The van der Waals surface area contributed by atoms with Crippen molar-refractivity contribution in [2.45, 2.75) is 26.8 Å². The van der Waals surface area contributed by atoms with E-state index in [2.05, 4.69) is 16.9 Å². The highest BCUT2D eigenvalue weighted by Crippen LogP contribution is 2.31. The van der Waals surface area contributed by atoms with Crippen molar-refractivity contribution in [2.24, 2.45) is 0 Å². The Labute approximate surface area is 117 Å². The lowest BCUT2D eigenvalue weighted by Gasteiger charge is -2.34. The minimum absolute atomic E-state index is 0.316. The lowest BCUT2D eigenvalue weighted by Crippen LogP contribution is -2.49. The van der Waals surface area contributed by atoms with Crippen molar-refractivity contribution in [3.8, 4) is 0 Å². The van der Waals surface area contributed by atoms with E-state index < -0.39 is 6.09 Å². The fourth-order valence-electron chi connectivity index (χ4n) is 1.80. The Morgan fingerprint density at radius 1 is 1.58 bits per heavy atom. The van der Waals surface area contributed by atoms with E-state index in [0.717, 1.165) is 5.69 Å². The van der Waals surface area contributed by atoms with Gasteiger partial charge in [-0.05, 0) is 32.9 Å². The van der Waals surface area contributed by atoms with E-state index in [9.17, 15) is 4.79 Å². The molecular weight excluding hydrogens is 262 g/mol. The molecule has 19 heavy (non-hydrogen) atoms. The summed E-state index contributed by atoms with van der Waals surface area (Å²) < 4.78 is 5.07. The zero-order valence-electron chi connectivity index (χ0n) is 11.1. The molecule has 1 aromatic heterocycles. The smallest absolute Gasteiger partial charge is 0.415 e. The second-order valence-corrected chi connectivity index (χ2v) is 4.87. The van der Waals surface area contributed by atoms with E-state index >= 15 is 0 Å². The molecule has 5 nitrogen and oxygen atoms in total. The molecule has 0 unspecified atom stereocenters. The highest BCUT2D eigenvalue weighted by Gasteiger charge is 2.34. The van der Waals surface area contributed by atoms with Crippen molar-refractivity contribution in [3.05, 3.63) is 30.2 Å². The van der Waals surface area contributed by atoms with Gasteiger partial charge in [0.15, 0.2) is 5.82 Å². The number of anilines is 2. The van der Waals surface area contributed by atoms with Crippen molar-refractivity contribution >= 4 is 34.8 Å². The van der Waals surface area contributed by atoms with Crippen molar-refractivity contribution in [1.29, 1.82) is 0 Å². The average Bonchev–Trinajstić information content (AvgIpc) is 2.30. The normalized spacial score (nSPS) is 17.5. The number of amides is 1. The van der Waals surface area contributed by atoms with Crippen molar-refractivity contribution in [3.63, 3.8) is 0 Å². The topological polar surface area (TPSA) is 54.5 Å². The predicted octanol–water partition coefficient (Wildman–Crippen LogP) is 3.01. The van der Waals surface area contributed by atoms with Crippen LogP contribution in [-0.4, -0.2) is 22.1 Å². The number of ether oxygens (including phenoxy) is 1. The summed E-state index contributed by atoms with van der Waals surface area (Å²) in [7, 11) is 0. The van der Waals surface area contributed by atoms with Crippen LogP contribution < -0.4 is 10.2 Å². The third-order valence-electron chi connectivity index (χ3n) is 2.73. The zero-order valence-corrected chi connectivity index (χ0v) is 11.9. The second kappa shape index (κ2) is 4.97. The van der Waals surface area contributed by atoms with Crippen molar-refractivity contribution in [2.75, 3.05) is 10.2 Å². The molecule has 6 heteroatoms. The fraction of sp³-hybridized carbons (Fsp3) is 0.308. The summed E-state index contributed by atoms with van der Waals surface area (Å²) >= 11 is 5.24. The average molecular weight is 277 g/mol. The number of aryl methyl sites for hydroxylation is 1. The fourth-order valence-corrected chi connectivity index (χ4v) is 2.02. The maximum absolute atomic E-state index is 12.2. The summed E-state index contributed by atoms with van der Waals surface area (Å²) in [4.78, 5) is 18.5. The van der Waals surface area contributed by atoms with Crippen LogP contribution in [0.1, 0.15) is 19.5 Å². The molecule has 1 aromatic rings. The van der Waals surface area contributed by atoms with Gasteiger partial charge in [0.2, 0.25) is 0 Å². The number of carbonyl (C=O) groups is 1. The molecule has 1 atom stereocenters. The first-order valence-electron chi connectivity index (χ1n) is 5.85. The van der Waals surface area contributed by atoms with E-state index in [1.54, 1.807) is 6.92 Å². The molecule has 100 valence electrons. The van der Waals surface area contributed by atoms with Crippen LogP contribution in [0.3, 0.4) is 0 Å². The lowest BCUT2D eigenvalue weighted by atomic mass is 10.2. The number of pyridine rings is 1. The highest BCUT2D eigenvalue weighted by atomic mass is 32.1. The van der Waals surface area contributed by atoms with Crippen molar-refractivity contribution < 1.29 is 9.53 Å². The molecule has 0 spiro atoms. The SMILES string of the molecule is C=C(C)OC(=O)N1c2nc(C)ccc2NC(=S)[C@@H]1C. The van der Waals surface area contributed by atoms with Crippen LogP contribution in [-0.2, 0) is 4.74 Å². The molecule has 2 heterocycles. The zero-order chi connectivity index (χ0) is 14.2. The van der Waals surface area contributed by atoms with Crippen LogP contribution >= 0.6 is 12.2 Å². The van der Waals surface area contributed by atoms with Crippen molar-refractivity contribution in [1.82, 2.24) is 4.98 Å². The first-order chi connectivity index (χ1) is 8.90. The molecule has 1 aliphatic heterocycles. The van der Waals surface area contributed by atoms with Gasteiger partial charge in [-0.2, -0.15) is 0 Å². The summed E-state index contributed by atoms with van der Waals surface area (Å²) in [5.41, 5.74) is 1.51. The Hall–Kier alpha value is -1.95. The molecule has 0 bridgehead atoms. The Bertz CT molecular complexity index is 571. The molecule has 0 aliphatic carbocycles. The number of hydrogen-bond donors (Lipinski definition) is 1. The maximum Gasteiger partial charge on any atom is 0.421 e. The summed E-state index contributed by atoms with van der Waals surface area (Å²) in [5.74, 6) is 0.850. The van der Waals surface area contributed by atoms with Gasteiger partial charge in [0.1, 0.15) is 4.99 Å². The quantitative estimate of drug-likeness (QED) is 0.631. The Kier molecular flexibility index (Phi) is 3.53. The van der Waals surface area contributed by atoms with E-state index in [4.69, 9.17) is 17.0 Å². The Morgan fingerprint density at radius 3 is 2.89 bits per heavy atom. The molecule has 1 aliphatic rings. The van der Waals surface area contributed by atoms with E-state index in [1.807, 2.05) is 26.0 Å². The molecular formula is C13H15N3O2S. The molecule has 0 saturated heterocycles. The summed E-state index contributed by atoms with van der Waals surface area (Å²) in [6.45, 7) is 8.87. The second-order valence-electron chi connectivity index (χ2n) is 4.43. The Balaban J connectivity index is 2.46. The highest BCUT2D eigenvalue weighted by molar-refractivity contribution is 7.80. The standard InChI is InChI=1S/C13H15N3O2S/c1-7(2)18-13(17)16-9(4)12(19)15-10-6-5-8(3)14-11(10)16/h5-6,9H,1H2,2-4H3,(H,15,19)/t9-/m0/s1. The van der Waals surface area contributed by atoms with Gasteiger partial charge in [-0.15, -0.1) is 0 Å². The molecule has 0 saturated carbocycles. The Morgan fingerprint density at radius 2 is 2.26 bits per heavy atom. The van der Waals surface area contributed by atoms with Crippen LogP contribution in [0.5, 0.6) is 0 Å². The van der Waals surface area contributed by atoms with Crippen LogP contribution in [0.25, 0.3) is 0 Å². The lowest BCUT2D eigenvalue weighted by molar-refractivity contribution is 0.183. The number of hydrogen-bond acceptors (Lipinski definition) is 4. The van der Waals surface area contributed by atoms with Gasteiger partial charge in [0, 0.05) is 5.69 Å². The van der Waals surface area contributed by atoms with E-state index in [0.29, 0.717) is 22.3 Å². The van der Waals surface area contributed by atoms with E-state index in [1.165, 1.54) is 4.90 Å². The third kappa shape index (κ3) is 2.58. The first kappa shape index (κ1) is 13.5. The van der Waals surface area contributed by atoms with Gasteiger partial charge in [-0.1, -0.05) is 18.8 Å². The number of nitrogens with zero attached hydrogens (tertiary/aromatic N) is 2. The third-order valence-corrected chi connectivity index (χ3v) is 3.17. The maximum atomic E-state index is 12.2. The molecule has 2 rings (SSSR count). The number of rotatable bonds is 1. The largest absolute Gasteiger partial charge is 0.421 e. The van der Waals surface area contributed by atoms with E-state index in [-0.39, 0.29) is 6.04 Å². The summed E-state index contributed by atoms with van der Waals surface area (Å²) in [6.07, 6.45) is -0.525. The first-order valence-corrected chi connectivity index (χ1v) is 6.26. The summed E-state index contributed by atoms with van der Waals surface area (Å²) in [6, 6.07) is 3.38. The van der Waals surface area contributed by atoms with Crippen LogP contribution in [0.2, 0.25) is 0 Å². The van der Waals surface area contributed by atoms with Gasteiger partial charge < -0.3 is 10.1 Å². The monoisotopic (exact) mass is 277 g/mol. The van der Waals surface area contributed by atoms with Gasteiger partial charge in [-0.3, -0.25) is 0 Å². The minimum Gasteiger partial charge on any atom is -0.415 e. The molecule has 0 aromatic carbocycles. The number of carbonyl (C=O) groups excluding carboxylic acids is 1. The number of nitrogens with one attached hydrogen (secondary N) is 1. The van der Waals surface area contributed by atoms with Gasteiger partial charge >= 0.3 is 6.09 Å².